The first-order valence-electron chi connectivity index (χ1n) is 9.91. The standard InChI is InChI=1S/C19H33N5O3/c1-5-6-9-24-17(20)16(18(26)22-19(24)27)23(10-12(2)3)11-15(25)21-13(4)14-7-8-14/h12-14H,5-11,20H2,1-4H3,(H,21,25)(H,22,26,27). The number of nitrogens with zero attached hydrogens (tertiary/aromatic N) is 2. The molecule has 0 saturated heterocycles. The van der Waals surface area contributed by atoms with E-state index in [1.54, 1.807) is 4.90 Å². The van der Waals surface area contributed by atoms with Crippen LogP contribution in [0.4, 0.5) is 11.5 Å². The first kappa shape index (κ1) is 21.1. The van der Waals surface area contributed by atoms with E-state index < -0.39 is 11.2 Å². The smallest absolute Gasteiger partial charge is 0.330 e. The zero-order valence-corrected chi connectivity index (χ0v) is 16.9. The van der Waals surface area contributed by atoms with E-state index in [0.29, 0.717) is 19.0 Å². The van der Waals surface area contributed by atoms with Crippen LogP contribution in [0.25, 0.3) is 0 Å². The summed E-state index contributed by atoms with van der Waals surface area (Å²) in [4.78, 5) is 41.2. The normalized spacial score (nSPS) is 15.0. The molecule has 1 aliphatic rings. The minimum Gasteiger partial charge on any atom is -0.383 e. The second-order valence-electron chi connectivity index (χ2n) is 7.97. The maximum absolute atomic E-state index is 12.5. The van der Waals surface area contributed by atoms with Crippen molar-refractivity contribution in [1.29, 1.82) is 0 Å². The minimum atomic E-state index is -0.547. The van der Waals surface area contributed by atoms with E-state index >= 15 is 0 Å². The molecule has 27 heavy (non-hydrogen) atoms. The molecule has 1 fully saturated rings. The van der Waals surface area contributed by atoms with Crippen LogP contribution in [0.15, 0.2) is 9.59 Å². The van der Waals surface area contributed by atoms with Crippen LogP contribution in [0, 0.1) is 11.8 Å². The Balaban J connectivity index is 2.30. The summed E-state index contributed by atoms with van der Waals surface area (Å²) in [7, 11) is 0. The summed E-state index contributed by atoms with van der Waals surface area (Å²) >= 11 is 0. The molecule has 4 N–H and O–H groups in total. The van der Waals surface area contributed by atoms with Gasteiger partial charge in [-0.1, -0.05) is 27.2 Å². The van der Waals surface area contributed by atoms with Crippen molar-refractivity contribution < 1.29 is 4.79 Å². The van der Waals surface area contributed by atoms with Crippen LogP contribution in [-0.4, -0.2) is 34.6 Å². The first-order valence-corrected chi connectivity index (χ1v) is 9.91. The number of hydrogen-bond acceptors (Lipinski definition) is 5. The van der Waals surface area contributed by atoms with E-state index in [1.807, 2.05) is 27.7 Å². The van der Waals surface area contributed by atoms with Gasteiger partial charge in [0.2, 0.25) is 5.91 Å². The van der Waals surface area contributed by atoms with Crippen molar-refractivity contribution in [3.05, 3.63) is 20.8 Å². The van der Waals surface area contributed by atoms with Crippen molar-refractivity contribution in [2.24, 2.45) is 11.8 Å². The molecule has 8 heteroatoms. The maximum atomic E-state index is 12.5. The lowest BCUT2D eigenvalue weighted by atomic mass is 10.2. The molecule has 0 bridgehead atoms. The molecule has 1 aromatic rings. The molecule has 1 unspecified atom stereocenters. The van der Waals surface area contributed by atoms with Crippen LogP contribution in [0.1, 0.15) is 53.4 Å². The largest absolute Gasteiger partial charge is 0.383 e. The lowest BCUT2D eigenvalue weighted by Crippen LogP contribution is -2.46. The number of nitrogens with one attached hydrogen (secondary N) is 2. The molecule has 8 nitrogen and oxygen atoms in total. The van der Waals surface area contributed by atoms with Crippen molar-refractivity contribution >= 4 is 17.4 Å². The quantitative estimate of drug-likeness (QED) is 0.567. The highest BCUT2D eigenvalue weighted by atomic mass is 16.2. The number of carbonyl (C=O) groups excluding carboxylic acids is 1. The lowest BCUT2D eigenvalue weighted by molar-refractivity contribution is -0.120. The molecule has 0 aliphatic heterocycles. The molecule has 1 amide bonds. The van der Waals surface area contributed by atoms with Crippen LogP contribution in [-0.2, 0) is 11.3 Å². The van der Waals surface area contributed by atoms with E-state index in [-0.39, 0.29) is 35.9 Å². The predicted molar refractivity (Wildman–Crippen MR) is 108 cm³/mol. The fourth-order valence-electron chi connectivity index (χ4n) is 3.28. The van der Waals surface area contributed by atoms with Crippen molar-refractivity contribution in [2.45, 2.75) is 66.0 Å². The zero-order chi connectivity index (χ0) is 20.1. The third-order valence-electron chi connectivity index (χ3n) is 4.90. The lowest BCUT2D eigenvalue weighted by Gasteiger charge is -2.28. The number of aromatic nitrogens is 2. The van der Waals surface area contributed by atoms with Gasteiger partial charge in [-0.25, -0.2) is 4.79 Å². The number of unbranched alkanes of at least 4 members (excludes halogenated alkanes) is 1. The molecule has 1 saturated carbocycles. The van der Waals surface area contributed by atoms with Gasteiger partial charge in [-0.2, -0.15) is 0 Å². The summed E-state index contributed by atoms with van der Waals surface area (Å²) in [5.41, 5.74) is 5.35. The monoisotopic (exact) mass is 379 g/mol. The number of hydrogen-bond donors (Lipinski definition) is 3. The number of nitrogen functional groups attached to an aromatic ring is 1. The van der Waals surface area contributed by atoms with Crippen LogP contribution < -0.4 is 27.2 Å². The Morgan fingerprint density at radius 3 is 2.56 bits per heavy atom. The Kier molecular flexibility index (Phi) is 7.10. The van der Waals surface area contributed by atoms with Gasteiger partial charge in [0, 0.05) is 19.1 Å². The van der Waals surface area contributed by atoms with Gasteiger partial charge >= 0.3 is 5.69 Å². The molecule has 2 rings (SSSR count). The third-order valence-corrected chi connectivity index (χ3v) is 4.90. The van der Waals surface area contributed by atoms with Gasteiger partial charge in [0.1, 0.15) is 11.5 Å². The number of rotatable bonds is 10. The van der Waals surface area contributed by atoms with E-state index in [4.69, 9.17) is 5.73 Å². The number of H-pyrrole nitrogens is 1. The summed E-state index contributed by atoms with van der Waals surface area (Å²) in [6, 6.07) is 0.132. The fourth-order valence-corrected chi connectivity index (χ4v) is 3.28. The highest BCUT2D eigenvalue weighted by Gasteiger charge is 2.29. The van der Waals surface area contributed by atoms with Gasteiger partial charge in [0.25, 0.3) is 5.56 Å². The number of amides is 1. The van der Waals surface area contributed by atoms with Gasteiger partial charge in [0.15, 0.2) is 0 Å². The predicted octanol–water partition coefficient (Wildman–Crippen LogP) is 1.30. The topological polar surface area (TPSA) is 113 Å². The highest BCUT2D eigenvalue weighted by Crippen LogP contribution is 2.32. The van der Waals surface area contributed by atoms with Gasteiger partial charge in [-0.3, -0.25) is 19.1 Å². The van der Waals surface area contributed by atoms with Crippen molar-refractivity contribution in [3.8, 4) is 0 Å². The Bertz CT molecular complexity index is 764. The number of nitrogens with two attached hydrogens (primary N) is 1. The van der Waals surface area contributed by atoms with Gasteiger partial charge in [0.05, 0.1) is 6.54 Å². The van der Waals surface area contributed by atoms with E-state index in [1.165, 1.54) is 4.57 Å². The second kappa shape index (κ2) is 9.10. The molecule has 152 valence electrons. The maximum Gasteiger partial charge on any atom is 0.330 e. The SMILES string of the molecule is CCCCn1c(N)c(N(CC(=O)NC(C)C2CC2)CC(C)C)c(=O)[nH]c1=O. The molecule has 1 aromatic heterocycles. The molecule has 1 aliphatic carbocycles. The molecule has 0 aromatic carbocycles. The first-order chi connectivity index (χ1) is 12.7. The molecule has 1 heterocycles. The molecule has 0 spiro atoms. The minimum absolute atomic E-state index is 0.0362. The van der Waals surface area contributed by atoms with E-state index in [0.717, 1.165) is 25.7 Å². The third kappa shape index (κ3) is 5.61. The summed E-state index contributed by atoms with van der Waals surface area (Å²) in [5, 5.41) is 3.01. The second-order valence-corrected chi connectivity index (χ2v) is 7.97. The highest BCUT2D eigenvalue weighted by molar-refractivity contribution is 5.82. The van der Waals surface area contributed by atoms with Crippen LogP contribution in [0.5, 0.6) is 0 Å². The van der Waals surface area contributed by atoms with Gasteiger partial charge < -0.3 is 16.0 Å². The Labute approximate surface area is 160 Å². The average Bonchev–Trinajstić information content (AvgIpc) is 3.38. The van der Waals surface area contributed by atoms with Crippen LogP contribution in [0.3, 0.4) is 0 Å². The Morgan fingerprint density at radius 2 is 2.00 bits per heavy atom. The van der Waals surface area contributed by atoms with E-state index in [2.05, 4.69) is 10.3 Å². The van der Waals surface area contributed by atoms with Gasteiger partial charge in [-0.05, 0) is 38.0 Å². The van der Waals surface area contributed by atoms with E-state index in [9.17, 15) is 14.4 Å². The molecular weight excluding hydrogens is 346 g/mol. The fraction of sp³-hybridized carbons (Fsp3) is 0.737. The zero-order valence-electron chi connectivity index (χ0n) is 16.9. The Hall–Kier alpha value is -2.25. The molecular formula is C19H33N5O3. The summed E-state index contributed by atoms with van der Waals surface area (Å²) < 4.78 is 1.39. The number of aromatic amines is 1. The summed E-state index contributed by atoms with van der Waals surface area (Å²) in [6.07, 6.45) is 3.97. The van der Waals surface area contributed by atoms with Crippen molar-refractivity contribution in [3.63, 3.8) is 0 Å². The van der Waals surface area contributed by atoms with Gasteiger partial charge in [-0.15, -0.1) is 0 Å². The number of carbonyl (C=O) groups is 1. The molecule has 1 atom stereocenters. The number of anilines is 2. The Morgan fingerprint density at radius 1 is 1.33 bits per heavy atom. The van der Waals surface area contributed by atoms with Crippen molar-refractivity contribution in [1.82, 2.24) is 14.9 Å². The average molecular weight is 380 g/mol. The molecule has 0 radical (unpaired) electrons. The van der Waals surface area contributed by atoms with Crippen LogP contribution >= 0.6 is 0 Å². The summed E-state index contributed by atoms with van der Waals surface area (Å²) in [5.74, 6) is 0.756. The summed E-state index contributed by atoms with van der Waals surface area (Å²) in [6.45, 7) is 9.01. The van der Waals surface area contributed by atoms with Crippen LogP contribution in [0.2, 0.25) is 0 Å². The van der Waals surface area contributed by atoms with Crippen molar-refractivity contribution in [2.75, 3.05) is 23.7 Å².